The van der Waals surface area contributed by atoms with Gasteiger partial charge in [0.15, 0.2) is 0 Å². The molecule has 0 aliphatic carbocycles. The smallest absolute Gasteiger partial charge is 0.339 e. The lowest BCUT2D eigenvalue weighted by atomic mass is 10.2. The van der Waals surface area contributed by atoms with Gasteiger partial charge in [-0.1, -0.05) is 12.1 Å². The summed E-state index contributed by atoms with van der Waals surface area (Å²) in [4.78, 5) is 24.7. The SMILES string of the molecule is COC(=O)c1ccccc1Nc1cc(NCc2ccncc2)nc(C)n1. The molecule has 2 aromatic heterocycles. The number of ether oxygens (including phenoxy) is 1. The van der Waals surface area contributed by atoms with Gasteiger partial charge in [0.05, 0.1) is 18.4 Å². The molecule has 3 aromatic rings. The summed E-state index contributed by atoms with van der Waals surface area (Å²) in [6.45, 7) is 2.44. The van der Waals surface area contributed by atoms with Crippen molar-refractivity contribution < 1.29 is 9.53 Å². The van der Waals surface area contributed by atoms with Gasteiger partial charge in [0.25, 0.3) is 0 Å². The van der Waals surface area contributed by atoms with Crippen LogP contribution in [0.2, 0.25) is 0 Å². The van der Waals surface area contributed by atoms with Crippen LogP contribution in [0.4, 0.5) is 17.3 Å². The van der Waals surface area contributed by atoms with Gasteiger partial charge >= 0.3 is 5.97 Å². The second-order valence-electron chi connectivity index (χ2n) is 5.56. The van der Waals surface area contributed by atoms with E-state index in [1.165, 1.54) is 7.11 Å². The van der Waals surface area contributed by atoms with Gasteiger partial charge in [-0.05, 0) is 36.8 Å². The fraction of sp³-hybridized carbons (Fsp3) is 0.158. The molecule has 3 rings (SSSR count). The normalized spacial score (nSPS) is 10.2. The predicted molar refractivity (Wildman–Crippen MR) is 99.4 cm³/mol. The van der Waals surface area contributed by atoms with Crippen molar-refractivity contribution in [2.45, 2.75) is 13.5 Å². The maximum absolute atomic E-state index is 11.9. The number of rotatable bonds is 6. The van der Waals surface area contributed by atoms with Crippen LogP contribution >= 0.6 is 0 Å². The molecule has 0 bridgehead atoms. The number of carbonyl (C=O) groups excluding carboxylic acids is 1. The van der Waals surface area contributed by atoms with E-state index in [1.54, 1.807) is 36.7 Å². The number of carbonyl (C=O) groups is 1. The minimum Gasteiger partial charge on any atom is -0.465 e. The number of para-hydroxylation sites is 1. The Morgan fingerprint density at radius 1 is 1.08 bits per heavy atom. The molecule has 0 spiro atoms. The molecule has 0 amide bonds. The minimum absolute atomic E-state index is 0.407. The molecular formula is C19H19N5O2. The van der Waals surface area contributed by atoms with Gasteiger partial charge in [-0.15, -0.1) is 0 Å². The Labute approximate surface area is 151 Å². The van der Waals surface area contributed by atoms with Gasteiger partial charge in [0.2, 0.25) is 0 Å². The molecule has 0 unspecified atom stereocenters. The van der Waals surface area contributed by atoms with Gasteiger partial charge in [0.1, 0.15) is 17.5 Å². The number of nitrogens with zero attached hydrogens (tertiary/aromatic N) is 3. The average molecular weight is 349 g/mol. The maximum Gasteiger partial charge on any atom is 0.339 e. The van der Waals surface area contributed by atoms with Crippen molar-refractivity contribution in [1.29, 1.82) is 0 Å². The van der Waals surface area contributed by atoms with Crippen LogP contribution in [0.25, 0.3) is 0 Å². The molecule has 2 N–H and O–H groups in total. The van der Waals surface area contributed by atoms with Crippen LogP contribution in [0.3, 0.4) is 0 Å². The molecule has 132 valence electrons. The zero-order chi connectivity index (χ0) is 18.4. The Bertz CT molecular complexity index is 899. The first-order chi connectivity index (χ1) is 12.7. The monoisotopic (exact) mass is 349 g/mol. The van der Waals surface area contributed by atoms with E-state index in [2.05, 4.69) is 25.6 Å². The topological polar surface area (TPSA) is 89.0 Å². The number of hydrogen-bond acceptors (Lipinski definition) is 7. The van der Waals surface area contributed by atoms with E-state index < -0.39 is 5.97 Å². The molecule has 0 fully saturated rings. The number of esters is 1. The number of anilines is 3. The molecule has 7 heteroatoms. The van der Waals surface area contributed by atoms with Crippen LogP contribution in [0.1, 0.15) is 21.7 Å². The van der Waals surface area contributed by atoms with Gasteiger partial charge in [0, 0.05) is 25.0 Å². The first kappa shape index (κ1) is 17.3. The number of methoxy groups -OCH3 is 1. The molecule has 0 saturated carbocycles. The molecular weight excluding hydrogens is 330 g/mol. The predicted octanol–water partition coefficient (Wildman–Crippen LogP) is 3.32. The Kier molecular flexibility index (Phi) is 5.38. The lowest BCUT2D eigenvalue weighted by molar-refractivity contribution is 0.0602. The lowest BCUT2D eigenvalue weighted by Gasteiger charge is -2.12. The largest absolute Gasteiger partial charge is 0.465 e. The first-order valence-corrected chi connectivity index (χ1v) is 8.08. The molecule has 26 heavy (non-hydrogen) atoms. The molecule has 0 atom stereocenters. The summed E-state index contributed by atoms with van der Waals surface area (Å²) in [5, 5.41) is 6.43. The number of pyridine rings is 1. The highest BCUT2D eigenvalue weighted by Gasteiger charge is 2.12. The molecule has 0 aliphatic heterocycles. The number of aromatic nitrogens is 3. The summed E-state index contributed by atoms with van der Waals surface area (Å²) < 4.78 is 4.82. The Hall–Kier alpha value is -3.48. The quantitative estimate of drug-likeness (QED) is 0.660. The molecule has 2 heterocycles. The van der Waals surface area contributed by atoms with Crippen molar-refractivity contribution in [2.24, 2.45) is 0 Å². The van der Waals surface area contributed by atoms with Crippen molar-refractivity contribution in [2.75, 3.05) is 17.7 Å². The minimum atomic E-state index is -0.407. The van der Waals surface area contributed by atoms with Gasteiger partial charge < -0.3 is 15.4 Å². The Morgan fingerprint density at radius 3 is 2.58 bits per heavy atom. The van der Waals surface area contributed by atoms with Crippen molar-refractivity contribution in [3.8, 4) is 0 Å². The third-order valence-electron chi connectivity index (χ3n) is 3.66. The summed E-state index contributed by atoms with van der Waals surface area (Å²) in [5.74, 6) is 1.48. The highest BCUT2D eigenvalue weighted by atomic mass is 16.5. The van der Waals surface area contributed by atoms with Crippen LogP contribution < -0.4 is 10.6 Å². The average Bonchev–Trinajstić information content (AvgIpc) is 2.66. The number of benzene rings is 1. The van der Waals surface area contributed by atoms with Crippen LogP contribution in [0.15, 0.2) is 54.9 Å². The van der Waals surface area contributed by atoms with Crippen molar-refractivity contribution >= 4 is 23.3 Å². The van der Waals surface area contributed by atoms with Crippen LogP contribution in [-0.4, -0.2) is 28.0 Å². The summed E-state index contributed by atoms with van der Waals surface area (Å²) >= 11 is 0. The second-order valence-corrected chi connectivity index (χ2v) is 5.56. The third kappa shape index (κ3) is 4.32. The van der Waals surface area contributed by atoms with Crippen LogP contribution in [0.5, 0.6) is 0 Å². The molecule has 7 nitrogen and oxygen atoms in total. The Morgan fingerprint density at radius 2 is 1.81 bits per heavy atom. The summed E-state index contributed by atoms with van der Waals surface area (Å²) in [6.07, 6.45) is 3.50. The van der Waals surface area contributed by atoms with E-state index in [1.807, 2.05) is 25.1 Å². The molecule has 0 radical (unpaired) electrons. The summed E-state index contributed by atoms with van der Waals surface area (Å²) in [7, 11) is 1.36. The fourth-order valence-electron chi connectivity index (χ4n) is 2.43. The maximum atomic E-state index is 11.9. The highest BCUT2D eigenvalue weighted by Crippen LogP contribution is 2.22. The van der Waals surface area contributed by atoms with E-state index in [9.17, 15) is 4.79 Å². The second kappa shape index (κ2) is 8.06. The highest BCUT2D eigenvalue weighted by molar-refractivity contribution is 5.96. The third-order valence-corrected chi connectivity index (χ3v) is 3.66. The van der Waals surface area contributed by atoms with E-state index in [-0.39, 0.29) is 0 Å². The first-order valence-electron chi connectivity index (χ1n) is 8.08. The summed E-state index contributed by atoms with van der Waals surface area (Å²) in [6, 6.07) is 12.8. The fourth-order valence-corrected chi connectivity index (χ4v) is 2.43. The van der Waals surface area contributed by atoms with Gasteiger partial charge in [-0.3, -0.25) is 4.98 Å². The van der Waals surface area contributed by atoms with Gasteiger partial charge in [-0.25, -0.2) is 14.8 Å². The van der Waals surface area contributed by atoms with Gasteiger partial charge in [-0.2, -0.15) is 0 Å². The Balaban J connectivity index is 1.79. The summed E-state index contributed by atoms with van der Waals surface area (Å²) in [5.41, 5.74) is 2.16. The zero-order valence-electron chi connectivity index (χ0n) is 14.6. The van der Waals surface area contributed by atoms with Crippen molar-refractivity contribution in [1.82, 2.24) is 15.0 Å². The van der Waals surface area contributed by atoms with Crippen molar-refractivity contribution in [3.63, 3.8) is 0 Å². The number of hydrogen-bond donors (Lipinski definition) is 2. The zero-order valence-corrected chi connectivity index (χ0v) is 14.6. The van der Waals surface area contributed by atoms with Crippen molar-refractivity contribution in [3.05, 3.63) is 71.8 Å². The van der Waals surface area contributed by atoms with E-state index in [4.69, 9.17) is 4.74 Å². The van der Waals surface area contributed by atoms with E-state index in [0.717, 1.165) is 5.56 Å². The molecule has 0 saturated heterocycles. The van der Waals surface area contributed by atoms with Crippen LogP contribution in [0, 0.1) is 6.92 Å². The lowest BCUT2D eigenvalue weighted by Crippen LogP contribution is -2.08. The number of aryl methyl sites for hydroxylation is 1. The number of nitrogens with one attached hydrogen (secondary N) is 2. The van der Waals surface area contributed by atoms with E-state index in [0.29, 0.717) is 35.3 Å². The van der Waals surface area contributed by atoms with E-state index >= 15 is 0 Å². The van der Waals surface area contributed by atoms with Crippen LogP contribution in [-0.2, 0) is 11.3 Å². The standard InChI is InChI=1S/C19H19N5O2/c1-13-22-17(21-12-14-7-9-20-10-8-14)11-18(23-13)24-16-6-4-3-5-15(16)19(25)26-2/h3-11H,12H2,1-2H3,(H2,21,22,23,24). The molecule has 0 aliphatic rings. The molecule has 1 aromatic carbocycles.